The standard InChI is InChI=1S/C20H28O4/c1-11-7-8-12-14(13(11)17(12,2)3)23-16(22)20-10-9-19(6,15(21)24-20)18(20,4)5/h7,12-14H,8-10H2,1-6H3/t12-,13+,14+,19-,20+/m0/s1. The van der Waals surface area contributed by atoms with Crippen molar-refractivity contribution in [2.75, 3.05) is 0 Å². The van der Waals surface area contributed by atoms with Crippen molar-refractivity contribution in [3.63, 3.8) is 0 Å². The zero-order valence-corrected chi connectivity index (χ0v) is 15.6. The van der Waals surface area contributed by atoms with E-state index in [2.05, 4.69) is 26.8 Å². The number of allylic oxidation sites excluding steroid dienone is 1. The average Bonchev–Trinajstić information content (AvgIpc) is 2.77. The fourth-order valence-corrected chi connectivity index (χ4v) is 5.99. The van der Waals surface area contributed by atoms with E-state index in [1.54, 1.807) is 0 Å². The number of hydrogen-bond acceptors (Lipinski definition) is 4. The third-order valence-electron chi connectivity index (χ3n) is 8.32. The zero-order valence-electron chi connectivity index (χ0n) is 15.6. The topological polar surface area (TPSA) is 52.6 Å². The Kier molecular flexibility index (Phi) is 2.87. The van der Waals surface area contributed by atoms with Gasteiger partial charge in [0.2, 0.25) is 5.60 Å². The van der Waals surface area contributed by atoms with Crippen LogP contribution in [0, 0.1) is 28.1 Å². The van der Waals surface area contributed by atoms with Crippen molar-refractivity contribution in [3.8, 4) is 0 Å². The van der Waals surface area contributed by atoms with E-state index in [1.807, 2.05) is 20.8 Å². The van der Waals surface area contributed by atoms with Gasteiger partial charge < -0.3 is 9.47 Å². The van der Waals surface area contributed by atoms with Gasteiger partial charge in [-0.15, -0.1) is 0 Å². The third kappa shape index (κ3) is 1.48. The molecule has 1 heterocycles. The Labute approximate surface area is 144 Å². The molecule has 0 N–H and O–H groups in total. The van der Waals surface area contributed by atoms with Gasteiger partial charge in [-0.2, -0.15) is 0 Å². The van der Waals surface area contributed by atoms with Crippen molar-refractivity contribution in [2.45, 2.75) is 72.5 Å². The van der Waals surface area contributed by atoms with E-state index >= 15 is 0 Å². The molecule has 0 amide bonds. The zero-order chi connectivity index (χ0) is 17.7. The fourth-order valence-electron chi connectivity index (χ4n) is 5.99. The first-order valence-electron chi connectivity index (χ1n) is 9.10. The molecule has 132 valence electrons. The van der Waals surface area contributed by atoms with E-state index < -0.39 is 16.4 Å². The minimum Gasteiger partial charge on any atom is -0.458 e. The van der Waals surface area contributed by atoms with Gasteiger partial charge in [0.25, 0.3) is 0 Å². The molecule has 0 aromatic rings. The van der Waals surface area contributed by atoms with Crippen LogP contribution < -0.4 is 0 Å². The Hall–Kier alpha value is -1.32. The van der Waals surface area contributed by atoms with Crippen LogP contribution >= 0.6 is 0 Å². The van der Waals surface area contributed by atoms with Gasteiger partial charge in [-0.3, -0.25) is 4.79 Å². The number of hydrogen-bond donors (Lipinski definition) is 0. The Morgan fingerprint density at radius 2 is 1.88 bits per heavy atom. The van der Waals surface area contributed by atoms with Gasteiger partial charge in [-0.1, -0.05) is 39.3 Å². The van der Waals surface area contributed by atoms with Gasteiger partial charge in [0.1, 0.15) is 6.10 Å². The quantitative estimate of drug-likeness (QED) is 0.572. The maximum Gasteiger partial charge on any atom is 0.351 e. The second-order valence-electron chi connectivity index (χ2n) is 9.63. The van der Waals surface area contributed by atoms with Crippen molar-refractivity contribution in [1.82, 2.24) is 0 Å². The lowest BCUT2D eigenvalue weighted by molar-refractivity contribution is -0.216. The minimum atomic E-state index is -1.11. The first-order valence-corrected chi connectivity index (χ1v) is 9.10. The smallest absolute Gasteiger partial charge is 0.351 e. The molecule has 5 aliphatic rings. The summed E-state index contributed by atoms with van der Waals surface area (Å²) in [6.07, 6.45) is 4.42. The number of carbonyl (C=O) groups excluding carboxylic acids is 2. The van der Waals surface area contributed by atoms with Crippen LogP contribution in [-0.2, 0) is 19.1 Å². The summed E-state index contributed by atoms with van der Waals surface area (Å²) in [6.45, 7) is 12.5. The van der Waals surface area contributed by atoms with Gasteiger partial charge in [0.15, 0.2) is 0 Å². The summed E-state index contributed by atoms with van der Waals surface area (Å²) in [5.41, 5.74) is -0.737. The highest BCUT2D eigenvalue weighted by Crippen LogP contribution is 2.67. The van der Waals surface area contributed by atoms with E-state index in [9.17, 15) is 9.59 Å². The summed E-state index contributed by atoms with van der Waals surface area (Å²) in [5, 5.41) is 0. The molecule has 0 spiro atoms. The third-order valence-corrected chi connectivity index (χ3v) is 8.32. The van der Waals surface area contributed by atoms with Crippen LogP contribution in [-0.4, -0.2) is 23.6 Å². The molecule has 1 aliphatic heterocycles. The number of rotatable bonds is 2. The van der Waals surface area contributed by atoms with Gasteiger partial charge in [0, 0.05) is 17.3 Å². The SMILES string of the molecule is CC1=CC[C@H]2[C@@H](OC(=O)[C@@]34CC[C@@](C)(C(=O)O3)C4(C)C)[C@@H]1C2(C)C. The molecule has 2 saturated carbocycles. The predicted molar refractivity (Wildman–Crippen MR) is 89.0 cm³/mol. The van der Waals surface area contributed by atoms with Crippen LogP contribution in [0.3, 0.4) is 0 Å². The lowest BCUT2D eigenvalue weighted by atomic mass is 9.47. The monoisotopic (exact) mass is 332 g/mol. The molecule has 5 rings (SSSR count). The van der Waals surface area contributed by atoms with E-state index in [4.69, 9.17) is 9.47 Å². The van der Waals surface area contributed by atoms with Crippen LogP contribution in [0.25, 0.3) is 0 Å². The maximum absolute atomic E-state index is 13.2. The Balaban J connectivity index is 1.61. The summed E-state index contributed by atoms with van der Waals surface area (Å²) < 4.78 is 11.7. The first-order chi connectivity index (χ1) is 11.0. The number of carbonyl (C=O) groups is 2. The van der Waals surface area contributed by atoms with Gasteiger partial charge in [0.05, 0.1) is 5.41 Å². The number of ether oxygens (including phenoxy) is 2. The van der Waals surface area contributed by atoms with Crippen LogP contribution in [0.1, 0.15) is 60.8 Å². The molecular weight excluding hydrogens is 304 g/mol. The summed E-state index contributed by atoms with van der Waals surface area (Å²) in [5.74, 6) is 0.0670. The van der Waals surface area contributed by atoms with Crippen molar-refractivity contribution in [2.24, 2.45) is 28.1 Å². The molecule has 3 fully saturated rings. The molecule has 4 aliphatic carbocycles. The molecule has 4 bridgehead atoms. The highest BCUT2D eigenvalue weighted by Gasteiger charge is 2.77. The van der Waals surface area contributed by atoms with Crippen molar-refractivity contribution in [3.05, 3.63) is 11.6 Å². The van der Waals surface area contributed by atoms with Gasteiger partial charge >= 0.3 is 11.9 Å². The van der Waals surface area contributed by atoms with Crippen LogP contribution in [0.15, 0.2) is 11.6 Å². The summed E-state index contributed by atoms with van der Waals surface area (Å²) in [7, 11) is 0. The van der Waals surface area contributed by atoms with E-state index in [0.29, 0.717) is 18.8 Å². The highest BCUT2D eigenvalue weighted by atomic mass is 16.6. The van der Waals surface area contributed by atoms with E-state index in [-0.39, 0.29) is 29.4 Å². The number of esters is 2. The maximum atomic E-state index is 13.2. The van der Waals surface area contributed by atoms with Crippen molar-refractivity contribution in [1.29, 1.82) is 0 Å². The summed E-state index contributed by atoms with van der Waals surface area (Å²) >= 11 is 0. The average molecular weight is 332 g/mol. The molecule has 0 aromatic carbocycles. The highest BCUT2D eigenvalue weighted by molar-refractivity contribution is 5.93. The summed E-state index contributed by atoms with van der Waals surface area (Å²) in [6, 6.07) is 0. The second kappa shape index (κ2) is 4.25. The fraction of sp³-hybridized carbons (Fsp3) is 0.800. The largest absolute Gasteiger partial charge is 0.458 e. The lowest BCUT2D eigenvalue weighted by Crippen LogP contribution is -2.63. The normalized spacial score (nSPS) is 46.8. The molecule has 5 atom stereocenters. The first kappa shape index (κ1) is 16.2. The predicted octanol–water partition coefficient (Wildman–Crippen LogP) is 3.64. The van der Waals surface area contributed by atoms with E-state index in [1.165, 1.54) is 5.57 Å². The molecule has 1 saturated heterocycles. The summed E-state index contributed by atoms with van der Waals surface area (Å²) in [4.78, 5) is 25.5. The molecule has 4 nitrogen and oxygen atoms in total. The molecule has 0 radical (unpaired) electrons. The van der Waals surface area contributed by atoms with Crippen LogP contribution in [0.2, 0.25) is 0 Å². The van der Waals surface area contributed by atoms with E-state index in [0.717, 1.165) is 6.42 Å². The number of fused-ring (bicyclic) bond motifs is 3. The van der Waals surface area contributed by atoms with Gasteiger partial charge in [-0.05, 0) is 38.5 Å². The molecule has 24 heavy (non-hydrogen) atoms. The van der Waals surface area contributed by atoms with Crippen molar-refractivity contribution >= 4 is 11.9 Å². The molecular formula is C20H28O4. The molecule has 4 heteroatoms. The van der Waals surface area contributed by atoms with Gasteiger partial charge in [-0.25, -0.2) is 4.79 Å². The molecule has 0 unspecified atom stereocenters. The molecule has 0 aromatic heterocycles. The lowest BCUT2D eigenvalue weighted by Gasteiger charge is -2.60. The minimum absolute atomic E-state index is 0.0752. The Morgan fingerprint density at radius 1 is 1.21 bits per heavy atom. The Bertz CT molecular complexity index is 673. The van der Waals surface area contributed by atoms with Crippen molar-refractivity contribution < 1.29 is 19.1 Å². The second-order valence-corrected chi connectivity index (χ2v) is 9.63. The Morgan fingerprint density at radius 3 is 2.33 bits per heavy atom. The van der Waals surface area contributed by atoms with Crippen LogP contribution in [0.4, 0.5) is 0 Å². The van der Waals surface area contributed by atoms with Crippen LogP contribution in [0.5, 0.6) is 0 Å².